The van der Waals surface area contributed by atoms with Gasteiger partial charge in [0.25, 0.3) is 0 Å². The zero-order valence-corrected chi connectivity index (χ0v) is 17.1. The van der Waals surface area contributed by atoms with Crippen molar-refractivity contribution in [2.75, 3.05) is 31.1 Å². The van der Waals surface area contributed by atoms with E-state index in [-0.39, 0.29) is 0 Å². The van der Waals surface area contributed by atoms with E-state index < -0.39 is 10.0 Å². The van der Waals surface area contributed by atoms with Gasteiger partial charge in [-0.1, -0.05) is 25.1 Å². The van der Waals surface area contributed by atoms with E-state index in [4.69, 9.17) is 0 Å². The first kappa shape index (κ1) is 19.5. The summed E-state index contributed by atoms with van der Waals surface area (Å²) in [5, 5.41) is 8.58. The first-order valence-electron chi connectivity index (χ1n) is 9.67. The van der Waals surface area contributed by atoms with Crippen LogP contribution in [-0.4, -0.2) is 54.1 Å². The molecule has 1 aliphatic heterocycles. The van der Waals surface area contributed by atoms with E-state index in [2.05, 4.69) is 27.0 Å². The highest BCUT2D eigenvalue weighted by molar-refractivity contribution is 7.89. The minimum absolute atomic E-state index is 0.350. The van der Waals surface area contributed by atoms with Gasteiger partial charge in [-0.2, -0.15) is 4.31 Å². The molecule has 1 aromatic carbocycles. The van der Waals surface area contributed by atoms with Gasteiger partial charge in [-0.3, -0.25) is 4.98 Å². The van der Waals surface area contributed by atoms with Gasteiger partial charge in [0, 0.05) is 32.4 Å². The maximum Gasteiger partial charge on any atom is 0.243 e. The predicted molar refractivity (Wildman–Crippen MR) is 112 cm³/mol. The number of benzene rings is 1. The lowest BCUT2D eigenvalue weighted by atomic mass is 10.2. The molecule has 0 aliphatic carbocycles. The summed E-state index contributed by atoms with van der Waals surface area (Å²) in [6, 6.07) is 16.6. The zero-order chi connectivity index (χ0) is 20.3. The Balaban J connectivity index is 1.42. The topological polar surface area (TPSA) is 79.3 Å². The summed E-state index contributed by atoms with van der Waals surface area (Å²) in [5.41, 5.74) is 2.61. The van der Waals surface area contributed by atoms with Crippen LogP contribution in [0.4, 0.5) is 5.82 Å². The van der Waals surface area contributed by atoms with Gasteiger partial charge in [0.1, 0.15) is 5.69 Å². The van der Waals surface area contributed by atoms with Gasteiger partial charge in [0.05, 0.1) is 10.6 Å². The molecule has 4 rings (SSSR count). The summed E-state index contributed by atoms with van der Waals surface area (Å²) in [4.78, 5) is 6.68. The van der Waals surface area contributed by atoms with Crippen molar-refractivity contribution < 1.29 is 8.42 Å². The van der Waals surface area contributed by atoms with Crippen LogP contribution in [0.5, 0.6) is 0 Å². The Morgan fingerprint density at radius 2 is 1.62 bits per heavy atom. The van der Waals surface area contributed by atoms with E-state index >= 15 is 0 Å². The largest absolute Gasteiger partial charge is 0.352 e. The SMILES string of the molecule is CCc1ccc(S(=O)(=O)N2CCN(c3ccc(-c4ccccn4)nn3)CC2)cc1. The second kappa shape index (κ2) is 8.26. The van der Waals surface area contributed by atoms with Crippen molar-refractivity contribution in [3.63, 3.8) is 0 Å². The molecule has 0 unspecified atom stereocenters. The lowest BCUT2D eigenvalue weighted by molar-refractivity contribution is 0.383. The molecule has 29 heavy (non-hydrogen) atoms. The zero-order valence-electron chi connectivity index (χ0n) is 16.3. The molecule has 3 aromatic rings. The molecular formula is C21H23N5O2S. The van der Waals surface area contributed by atoms with Crippen molar-refractivity contribution in [2.45, 2.75) is 18.2 Å². The quantitative estimate of drug-likeness (QED) is 0.645. The minimum Gasteiger partial charge on any atom is -0.352 e. The van der Waals surface area contributed by atoms with Crippen LogP contribution in [0, 0.1) is 0 Å². The van der Waals surface area contributed by atoms with Crippen molar-refractivity contribution in [1.82, 2.24) is 19.5 Å². The standard InChI is InChI=1S/C21H23N5O2S/c1-2-17-6-8-18(9-7-17)29(27,28)26-15-13-25(14-16-26)21-11-10-20(23-24-21)19-5-3-4-12-22-19/h3-12H,2,13-16H2,1H3. The number of sulfonamides is 1. The average Bonchev–Trinajstić information content (AvgIpc) is 2.80. The third-order valence-corrected chi connectivity index (χ3v) is 7.02. The molecule has 1 fully saturated rings. The maximum atomic E-state index is 12.9. The van der Waals surface area contributed by atoms with Crippen LogP contribution in [0.1, 0.15) is 12.5 Å². The third kappa shape index (κ3) is 4.13. The van der Waals surface area contributed by atoms with Crippen molar-refractivity contribution in [2.24, 2.45) is 0 Å². The second-order valence-corrected chi connectivity index (χ2v) is 8.82. The average molecular weight is 410 g/mol. The summed E-state index contributed by atoms with van der Waals surface area (Å²) in [6.07, 6.45) is 2.61. The van der Waals surface area contributed by atoms with Crippen LogP contribution in [-0.2, 0) is 16.4 Å². The van der Waals surface area contributed by atoms with Gasteiger partial charge in [0.2, 0.25) is 10.0 Å². The predicted octanol–water partition coefficient (Wildman–Crippen LogP) is 2.61. The smallest absolute Gasteiger partial charge is 0.243 e. The molecule has 0 atom stereocenters. The molecule has 0 bridgehead atoms. The molecule has 3 heterocycles. The molecule has 0 spiro atoms. The van der Waals surface area contributed by atoms with Gasteiger partial charge in [0.15, 0.2) is 5.82 Å². The van der Waals surface area contributed by atoms with Crippen molar-refractivity contribution in [3.8, 4) is 11.4 Å². The van der Waals surface area contributed by atoms with Crippen LogP contribution in [0.3, 0.4) is 0 Å². The molecule has 8 heteroatoms. The van der Waals surface area contributed by atoms with E-state index in [1.165, 1.54) is 0 Å². The van der Waals surface area contributed by atoms with Crippen LogP contribution in [0.2, 0.25) is 0 Å². The van der Waals surface area contributed by atoms with Crippen LogP contribution in [0.25, 0.3) is 11.4 Å². The first-order chi connectivity index (χ1) is 14.1. The summed E-state index contributed by atoms with van der Waals surface area (Å²) in [7, 11) is -3.47. The molecular weight excluding hydrogens is 386 g/mol. The van der Waals surface area contributed by atoms with Crippen LogP contribution in [0.15, 0.2) is 65.7 Å². The third-order valence-electron chi connectivity index (χ3n) is 5.11. The minimum atomic E-state index is -3.47. The van der Waals surface area contributed by atoms with E-state index in [9.17, 15) is 8.42 Å². The highest BCUT2D eigenvalue weighted by Gasteiger charge is 2.29. The second-order valence-electron chi connectivity index (χ2n) is 6.88. The number of hydrogen-bond acceptors (Lipinski definition) is 6. The fourth-order valence-corrected chi connectivity index (χ4v) is 4.77. The Labute approximate surface area is 171 Å². The number of aryl methyl sites for hydroxylation is 1. The maximum absolute atomic E-state index is 12.9. The number of nitrogens with zero attached hydrogens (tertiary/aromatic N) is 5. The Kier molecular flexibility index (Phi) is 5.55. The van der Waals surface area contributed by atoms with Gasteiger partial charge < -0.3 is 4.90 Å². The highest BCUT2D eigenvalue weighted by Crippen LogP contribution is 2.21. The van der Waals surface area contributed by atoms with E-state index in [1.54, 1.807) is 22.6 Å². The summed E-state index contributed by atoms with van der Waals surface area (Å²) in [5.74, 6) is 0.744. The molecule has 0 radical (unpaired) electrons. The lowest BCUT2D eigenvalue weighted by Crippen LogP contribution is -2.49. The fraction of sp³-hybridized carbons (Fsp3) is 0.286. The monoisotopic (exact) mass is 409 g/mol. The Morgan fingerprint density at radius 1 is 0.862 bits per heavy atom. The fourth-order valence-electron chi connectivity index (χ4n) is 3.35. The van der Waals surface area contributed by atoms with E-state index in [0.29, 0.717) is 36.8 Å². The van der Waals surface area contributed by atoms with Gasteiger partial charge in [-0.05, 0) is 48.4 Å². The van der Waals surface area contributed by atoms with Gasteiger partial charge in [-0.15, -0.1) is 10.2 Å². The number of rotatable bonds is 5. The normalized spacial score (nSPS) is 15.4. The molecule has 1 saturated heterocycles. The molecule has 0 amide bonds. The van der Waals surface area contributed by atoms with E-state index in [0.717, 1.165) is 23.5 Å². The molecule has 0 saturated carbocycles. The van der Waals surface area contributed by atoms with Gasteiger partial charge >= 0.3 is 0 Å². The Morgan fingerprint density at radius 3 is 2.21 bits per heavy atom. The summed E-state index contributed by atoms with van der Waals surface area (Å²) < 4.78 is 27.3. The number of pyridine rings is 1. The number of hydrogen-bond donors (Lipinski definition) is 0. The lowest BCUT2D eigenvalue weighted by Gasteiger charge is -2.34. The Hall–Kier alpha value is -2.84. The van der Waals surface area contributed by atoms with Crippen molar-refractivity contribution in [3.05, 3.63) is 66.4 Å². The molecule has 7 nitrogen and oxygen atoms in total. The summed E-state index contributed by atoms with van der Waals surface area (Å²) >= 11 is 0. The first-order valence-corrected chi connectivity index (χ1v) is 11.1. The van der Waals surface area contributed by atoms with Gasteiger partial charge in [-0.25, -0.2) is 8.42 Å². The van der Waals surface area contributed by atoms with E-state index in [1.807, 2.05) is 42.5 Å². The van der Waals surface area contributed by atoms with Crippen LogP contribution >= 0.6 is 0 Å². The van der Waals surface area contributed by atoms with Crippen LogP contribution < -0.4 is 4.90 Å². The number of aromatic nitrogens is 3. The molecule has 0 N–H and O–H groups in total. The molecule has 150 valence electrons. The number of anilines is 1. The highest BCUT2D eigenvalue weighted by atomic mass is 32.2. The molecule has 1 aliphatic rings. The van der Waals surface area contributed by atoms with Crippen molar-refractivity contribution >= 4 is 15.8 Å². The van der Waals surface area contributed by atoms with Crippen molar-refractivity contribution in [1.29, 1.82) is 0 Å². The molecule has 2 aromatic heterocycles. The summed E-state index contributed by atoms with van der Waals surface area (Å²) in [6.45, 7) is 4.03. The Bertz CT molecular complexity index is 1050. The number of piperazine rings is 1.